The van der Waals surface area contributed by atoms with Gasteiger partial charge in [0, 0.05) is 23.8 Å². The van der Waals surface area contributed by atoms with Crippen LogP contribution < -0.4 is 5.73 Å². The molecule has 0 bridgehead atoms. The van der Waals surface area contributed by atoms with E-state index < -0.39 is 15.8 Å². The van der Waals surface area contributed by atoms with Crippen LogP contribution in [0, 0.1) is 12.7 Å². The zero-order valence-corrected chi connectivity index (χ0v) is 13.4. The first-order valence-electron chi connectivity index (χ1n) is 7.45. The number of benzene rings is 1. The second-order valence-electron chi connectivity index (χ2n) is 5.63. The molecule has 0 radical (unpaired) electrons. The third kappa shape index (κ3) is 3.21. The lowest BCUT2D eigenvalue weighted by molar-refractivity contribution is 0.261. The van der Waals surface area contributed by atoms with Gasteiger partial charge in [-0.3, -0.25) is 0 Å². The fourth-order valence-corrected chi connectivity index (χ4v) is 5.03. The average molecular weight is 314 g/mol. The maximum atomic E-state index is 13.8. The summed E-state index contributed by atoms with van der Waals surface area (Å²) in [5.74, 6) is -0.576. The van der Waals surface area contributed by atoms with Gasteiger partial charge in [0.05, 0.1) is 4.90 Å². The van der Waals surface area contributed by atoms with Crippen LogP contribution in [0.25, 0.3) is 0 Å². The topological polar surface area (TPSA) is 63.4 Å². The Bertz CT molecular complexity index is 610. The van der Waals surface area contributed by atoms with Crippen LogP contribution in [0.5, 0.6) is 0 Å². The Hall–Kier alpha value is -1.14. The van der Waals surface area contributed by atoms with Gasteiger partial charge in [0.2, 0.25) is 10.0 Å². The highest BCUT2D eigenvalue weighted by atomic mass is 32.2. The monoisotopic (exact) mass is 314 g/mol. The highest BCUT2D eigenvalue weighted by molar-refractivity contribution is 7.89. The van der Waals surface area contributed by atoms with Gasteiger partial charge < -0.3 is 5.73 Å². The molecular formula is C15H23FN2O2S. The maximum absolute atomic E-state index is 13.8. The fraction of sp³-hybridized carbons (Fsp3) is 0.600. The SMILES string of the molecule is CCN(C1CCCCC1)S(=O)(=O)c1cc(N)cc(F)c1C. The summed E-state index contributed by atoms with van der Waals surface area (Å²) in [6.45, 7) is 3.70. The van der Waals surface area contributed by atoms with Crippen molar-refractivity contribution in [3.05, 3.63) is 23.5 Å². The van der Waals surface area contributed by atoms with E-state index in [4.69, 9.17) is 5.73 Å². The molecule has 0 saturated heterocycles. The lowest BCUT2D eigenvalue weighted by Gasteiger charge is -2.33. The summed E-state index contributed by atoms with van der Waals surface area (Å²) < 4.78 is 41.1. The van der Waals surface area contributed by atoms with E-state index in [1.807, 2.05) is 6.92 Å². The molecule has 118 valence electrons. The Morgan fingerprint density at radius 2 is 1.90 bits per heavy atom. The Kier molecular flexibility index (Phi) is 4.88. The molecule has 4 nitrogen and oxygen atoms in total. The second-order valence-corrected chi connectivity index (χ2v) is 7.49. The van der Waals surface area contributed by atoms with Crippen LogP contribution in [0.2, 0.25) is 0 Å². The zero-order chi connectivity index (χ0) is 15.6. The van der Waals surface area contributed by atoms with Crippen molar-refractivity contribution < 1.29 is 12.8 Å². The van der Waals surface area contributed by atoms with Gasteiger partial charge in [0.15, 0.2) is 0 Å². The van der Waals surface area contributed by atoms with Gasteiger partial charge in [-0.2, -0.15) is 4.31 Å². The Labute approximate surface area is 126 Å². The van der Waals surface area contributed by atoms with Gasteiger partial charge in [0.1, 0.15) is 5.82 Å². The number of rotatable bonds is 4. The first-order chi connectivity index (χ1) is 9.87. The van der Waals surface area contributed by atoms with E-state index in [1.165, 1.54) is 17.3 Å². The number of hydrogen-bond donors (Lipinski definition) is 1. The lowest BCUT2D eigenvalue weighted by atomic mass is 9.95. The summed E-state index contributed by atoms with van der Waals surface area (Å²) in [6.07, 6.45) is 4.98. The normalized spacial score (nSPS) is 17.3. The average Bonchev–Trinajstić information content (AvgIpc) is 2.44. The molecule has 0 aliphatic heterocycles. The van der Waals surface area contributed by atoms with E-state index >= 15 is 0 Å². The summed E-state index contributed by atoms with van der Waals surface area (Å²) in [4.78, 5) is -0.00702. The molecule has 1 aliphatic carbocycles. The Balaban J connectivity index is 2.44. The summed E-state index contributed by atoms with van der Waals surface area (Å²) in [5, 5.41) is 0. The molecule has 1 aromatic rings. The largest absolute Gasteiger partial charge is 0.399 e. The number of anilines is 1. The van der Waals surface area contributed by atoms with Crippen molar-refractivity contribution in [1.82, 2.24) is 4.31 Å². The molecule has 0 heterocycles. The molecule has 21 heavy (non-hydrogen) atoms. The predicted octanol–water partition coefficient (Wildman–Crippen LogP) is 3.06. The van der Waals surface area contributed by atoms with Crippen LogP contribution in [0.15, 0.2) is 17.0 Å². The highest BCUT2D eigenvalue weighted by Crippen LogP contribution is 2.30. The van der Waals surface area contributed by atoms with Crippen LogP contribution in [0.4, 0.5) is 10.1 Å². The number of halogens is 1. The van der Waals surface area contributed by atoms with Crippen molar-refractivity contribution in [2.75, 3.05) is 12.3 Å². The zero-order valence-electron chi connectivity index (χ0n) is 12.6. The first kappa shape index (κ1) is 16.2. The van der Waals surface area contributed by atoms with Crippen molar-refractivity contribution in [1.29, 1.82) is 0 Å². The van der Waals surface area contributed by atoms with Crippen molar-refractivity contribution in [3.63, 3.8) is 0 Å². The third-order valence-electron chi connectivity index (χ3n) is 4.20. The van der Waals surface area contributed by atoms with E-state index in [2.05, 4.69) is 0 Å². The van der Waals surface area contributed by atoms with Crippen LogP contribution in [0.3, 0.4) is 0 Å². The molecular weight excluding hydrogens is 291 g/mol. The Morgan fingerprint density at radius 1 is 1.29 bits per heavy atom. The van der Waals surface area contributed by atoms with Gasteiger partial charge in [-0.1, -0.05) is 26.2 Å². The minimum Gasteiger partial charge on any atom is -0.399 e. The molecule has 0 spiro atoms. The number of hydrogen-bond acceptors (Lipinski definition) is 3. The van der Waals surface area contributed by atoms with E-state index in [0.717, 1.165) is 38.2 Å². The molecule has 0 unspecified atom stereocenters. The van der Waals surface area contributed by atoms with Gasteiger partial charge in [-0.25, -0.2) is 12.8 Å². The van der Waals surface area contributed by atoms with Crippen LogP contribution >= 0.6 is 0 Å². The smallest absolute Gasteiger partial charge is 0.243 e. The van der Waals surface area contributed by atoms with Gasteiger partial charge in [-0.05, 0) is 31.9 Å². The Morgan fingerprint density at radius 3 is 2.48 bits per heavy atom. The maximum Gasteiger partial charge on any atom is 0.243 e. The number of nitrogens with two attached hydrogens (primary N) is 1. The minimum atomic E-state index is -3.71. The molecule has 0 atom stereocenters. The van der Waals surface area contributed by atoms with Crippen molar-refractivity contribution in [2.24, 2.45) is 0 Å². The summed E-state index contributed by atoms with van der Waals surface area (Å²) in [7, 11) is -3.71. The lowest BCUT2D eigenvalue weighted by Crippen LogP contribution is -2.41. The summed E-state index contributed by atoms with van der Waals surface area (Å²) >= 11 is 0. The van der Waals surface area contributed by atoms with Gasteiger partial charge in [0.25, 0.3) is 0 Å². The number of nitrogens with zero attached hydrogens (tertiary/aromatic N) is 1. The van der Waals surface area contributed by atoms with Crippen LogP contribution in [-0.4, -0.2) is 25.3 Å². The molecule has 2 N–H and O–H groups in total. The van der Waals surface area contributed by atoms with Crippen molar-refractivity contribution in [3.8, 4) is 0 Å². The molecule has 6 heteroatoms. The van der Waals surface area contributed by atoms with Crippen LogP contribution in [0.1, 0.15) is 44.6 Å². The van der Waals surface area contributed by atoms with E-state index in [-0.39, 0.29) is 22.2 Å². The van der Waals surface area contributed by atoms with E-state index in [9.17, 15) is 12.8 Å². The van der Waals surface area contributed by atoms with Crippen molar-refractivity contribution in [2.45, 2.75) is 56.9 Å². The molecule has 1 aromatic carbocycles. The fourth-order valence-electron chi connectivity index (χ4n) is 3.06. The predicted molar refractivity (Wildman–Crippen MR) is 82.0 cm³/mol. The number of nitrogen functional groups attached to an aromatic ring is 1. The molecule has 1 aliphatic rings. The molecule has 1 saturated carbocycles. The standard InChI is InChI=1S/C15H23FN2O2S/c1-3-18(13-7-5-4-6-8-13)21(19,20)15-10-12(17)9-14(16)11(15)2/h9-10,13H,3-8,17H2,1-2H3. The van der Waals surface area contributed by atoms with Gasteiger partial charge >= 0.3 is 0 Å². The van der Waals surface area contributed by atoms with E-state index in [0.29, 0.717) is 6.54 Å². The third-order valence-corrected chi connectivity index (χ3v) is 6.35. The first-order valence-corrected chi connectivity index (χ1v) is 8.89. The summed E-state index contributed by atoms with van der Waals surface area (Å²) in [6, 6.07) is 2.53. The molecule has 0 aromatic heterocycles. The summed E-state index contributed by atoms with van der Waals surface area (Å²) in [5.41, 5.74) is 5.90. The second kappa shape index (κ2) is 6.32. The quantitative estimate of drug-likeness (QED) is 0.869. The molecule has 0 amide bonds. The highest BCUT2D eigenvalue weighted by Gasteiger charge is 2.32. The molecule has 1 fully saturated rings. The molecule has 2 rings (SSSR count). The van der Waals surface area contributed by atoms with E-state index in [1.54, 1.807) is 0 Å². The van der Waals surface area contributed by atoms with Crippen LogP contribution in [-0.2, 0) is 10.0 Å². The minimum absolute atomic E-state index is 0.00702. The van der Waals surface area contributed by atoms with Gasteiger partial charge in [-0.15, -0.1) is 0 Å². The van der Waals surface area contributed by atoms with Crippen molar-refractivity contribution >= 4 is 15.7 Å². The number of sulfonamides is 1.